The van der Waals surface area contributed by atoms with E-state index in [0.29, 0.717) is 26.2 Å². The van der Waals surface area contributed by atoms with Gasteiger partial charge in [0, 0.05) is 29.6 Å². The first-order valence-corrected chi connectivity index (χ1v) is 10.9. The smallest absolute Gasteiger partial charge is 0.270 e. The van der Waals surface area contributed by atoms with Gasteiger partial charge in [-0.15, -0.1) is 0 Å². The zero-order valence-corrected chi connectivity index (χ0v) is 18.1. The number of imidazole rings is 1. The largest absolute Gasteiger partial charge is 0.297 e. The number of anilines is 1. The lowest BCUT2D eigenvalue weighted by atomic mass is 10.1. The molecule has 2 aromatic carbocycles. The van der Waals surface area contributed by atoms with Crippen LogP contribution in [0.1, 0.15) is 20.9 Å². The Morgan fingerprint density at radius 3 is 2.74 bits per heavy atom. The Balaban J connectivity index is 1.44. The summed E-state index contributed by atoms with van der Waals surface area (Å²) < 4.78 is 2.85. The fourth-order valence-corrected chi connectivity index (χ4v) is 5.28. The molecule has 0 fully saturated rings. The van der Waals surface area contributed by atoms with Crippen LogP contribution in [-0.4, -0.2) is 25.2 Å². The third-order valence-electron chi connectivity index (χ3n) is 4.88. The van der Waals surface area contributed by atoms with E-state index >= 15 is 0 Å². The van der Waals surface area contributed by atoms with Gasteiger partial charge in [-0.1, -0.05) is 40.9 Å². The summed E-state index contributed by atoms with van der Waals surface area (Å²) in [6.07, 6.45) is 1.79. The topological polar surface area (TPSA) is 102 Å². The average Bonchev–Trinajstić information content (AvgIpc) is 3.41. The minimum absolute atomic E-state index is 0.0108. The normalized spacial score (nSPS) is 11.3. The first-order chi connectivity index (χ1) is 14.9. The number of non-ortho nitro benzene ring substituents is 1. The number of carbonyl (C=O) groups is 1. The maximum absolute atomic E-state index is 12.9. The SMILES string of the molecule is Cc1ccc2nc(NC(=O)c3sc4nc(-c5cccc([N+](=O)[O-])c5)cn4c3C)sc2c1. The fraction of sp³-hybridized carbons (Fsp3) is 0.0952. The molecule has 0 spiro atoms. The number of hydrogen-bond donors (Lipinski definition) is 1. The highest BCUT2D eigenvalue weighted by molar-refractivity contribution is 7.22. The van der Waals surface area contributed by atoms with Crippen molar-refractivity contribution in [2.75, 3.05) is 5.32 Å². The van der Waals surface area contributed by atoms with Gasteiger partial charge in [0.1, 0.15) is 4.88 Å². The number of thiazole rings is 2. The van der Waals surface area contributed by atoms with Crippen molar-refractivity contribution in [2.45, 2.75) is 13.8 Å². The summed E-state index contributed by atoms with van der Waals surface area (Å²) >= 11 is 2.71. The van der Waals surface area contributed by atoms with Gasteiger partial charge in [-0.2, -0.15) is 0 Å². The molecule has 5 rings (SSSR count). The van der Waals surface area contributed by atoms with Gasteiger partial charge in [-0.3, -0.25) is 24.6 Å². The van der Waals surface area contributed by atoms with Crippen molar-refractivity contribution in [3.05, 3.63) is 74.9 Å². The monoisotopic (exact) mass is 449 g/mol. The van der Waals surface area contributed by atoms with Crippen molar-refractivity contribution in [1.29, 1.82) is 0 Å². The van der Waals surface area contributed by atoms with Crippen LogP contribution in [0.4, 0.5) is 10.8 Å². The van der Waals surface area contributed by atoms with E-state index in [1.807, 2.05) is 36.4 Å². The second-order valence-corrected chi connectivity index (χ2v) is 9.06. The Morgan fingerprint density at radius 2 is 1.97 bits per heavy atom. The number of aryl methyl sites for hydroxylation is 2. The van der Waals surface area contributed by atoms with Crippen LogP contribution in [0.3, 0.4) is 0 Å². The molecule has 1 amide bonds. The van der Waals surface area contributed by atoms with Crippen LogP contribution in [0.25, 0.3) is 26.4 Å². The van der Waals surface area contributed by atoms with Crippen LogP contribution in [0.2, 0.25) is 0 Å². The molecule has 0 saturated heterocycles. The Labute approximate surface area is 184 Å². The van der Waals surface area contributed by atoms with Crippen molar-refractivity contribution < 1.29 is 9.72 Å². The number of benzene rings is 2. The average molecular weight is 450 g/mol. The number of nitrogens with one attached hydrogen (secondary N) is 1. The number of amides is 1. The summed E-state index contributed by atoms with van der Waals surface area (Å²) in [5.74, 6) is -0.235. The van der Waals surface area contributed by atoms with Crippen molar-refractivity contribution in [1.82, 2.24) is 14.4 Å². The summed E-state index contributed by atoms with van der Waals surface area (Å²) in [5.41, 5.74) is 4.02. The molecule has 31 heavy (non-hydrogen) atoms. The van der Waals surface area contributed by atoms with E-state index < -0.39 is 4.92 Å². The number of nitro groups is 1. The summed E-state index contributed by atoms with van der Waals surface area (Å²) in [6.45, 7) is 3.86. The number of rotatable bonds is 4. The molecule has 0 aliphatic rings. The lowest BCUT2D eigenvalue weighted by molar-refractivity contribution is -0.384. The highest BCUT2D eigenvalue weighted by Gasteiger charge is 2.20. The molecular weight excluding hydrogens is 434 g/mol. The molecule has 0 aliphatic carbocycles. The molecule has 3 aromatic heterocycles. The van der Waals surface area contributed by atoms with Crippen LogP contribution in [0, 0.1) is 24.0 Å². The van der Waals surface area contributed by atoms with E-state index in [2.05, 4.69) is 15.3 Å². The summed E-state index contributed by atoms with van der Waals surface area (Å²) in [7, 11) is 0. The lowest BCUT2D eigenvalue weighted by Crippen LogP contribution is -2.11. The minimum Gasteiger partial charge on any atom is -0.297 e. The zero-order valence-electron chi connectivity index (χ0n) is 16.4. The van der Waals surface area contributed by atoms with Gasteiger partial charge in [0.15, 0.2) is 10.1 Å². The van der Waals surface area contributed by atoms with Crippen LogP contribution in [0.15, 0.2) is 48.7 Å². The molecule has 0 saturated carbocycles. The van der Waals surface area contributed by atoms with Gasteiger partial charge in [-0.05, 0) is 31.5 Å². The molecule has 5 aromatic rings. The van der Waals surface area contributed by atoms with Crippen LogP contribution in [0.5, 0.6) is 0 Å². The predicted molar refractivity (Wildman–Crippen MR) is 122 cm³/mol. The molecule has 0 unspecified atom stereocenters. The number of hydrogen-bond acceptors (Lipinski definition) is 7. The molecule has 0 aliphatic heterocycles. The van der Waals surface area contributed by atoms with Crippen LogP contribution in [-0.2, 0) is 0 Å². The van der Waals surface area contributed by atoms with E-state index in [4.69, 9.17) is 0 Å². The molecule has 0 bridgehead atoms. The molecule has 0 radical (unpaired) electrons. The van der Waals surface area contributed by atoms with Crippen molar-refractivity contribution in [3.8, 4) is 11.3 Å². The molecule has 1 N–H and O–H groups in total. The zero-order chi connectivity index (χ0) is 21.7. The highest BCUT2D eigenvalue weighted by atomic mass is 32.1. The Hall–Kier alpha value is -3.63. The summed E-state index contributed by atoms with van der Waals surface area (Å²) in [5, 5.41) is 14.5. The predicted octanol–water partition coefficient (Wildman–Crippen LogP) is 5.45. The molecule has 8 nitrogen and oxygen atoms in total. The molecule has 0 atom stereocenters. The van der Waals surface area contributed by atoms with E-state index in [1.165, 1.54) is 34.8 Å². The summed E-state index contributed by atoms with van der Waals surface area (Å²) in [4.78, 5) is 33.7. The van der Waals surface area contributed by atoms with Gasteiger partial charge in [0.2, 0.25) is 0 Å². The second kappa shape index (κ2) is 7.25. The Morgan fingerprint density at radius 1 is 1.13 bits per heavy atom. The van der Waals surface area contributed by atoms with E-state index in [0.717, 1.165) is 21.5 Å². The van der Waals surface area contributed by atoms with Crippen molar-refractivity contribution in [3.63, 3.8) is 0 Å². The standard InChI is InChI=1S/C21H15N5O3S2/c1-11-6-7-15-17(8-11)30-20(22-15)24-19(27)18-12(2)25-10-16(23-21(25)31-18)13-4-3-5-14(9-13)26(28)29/h3-10H,1-2H3,(H,22,24,27). The lowest BCUT2D eigenvalue weighted by Gasteiger charge is -2.00. The Kier molecular flexibility index (Phi) is 4.53. The van der Waals surface area contributed by atoms with Crippen molar-refractivity contribution >= 4 is 54.6 Å². The quantitative estimate of drug-likeness (QED) is 0.290. The highest BCUT2D eigenvalue weighted by Crippen LogP contribution is 2.31. The van der Waals surface area contributed by atoms with Gasteiger partial charge < -0.3 is 0 Å². The second-order valence-electron chi connectivity index (χ2n) is 7.05. The van der Waals surface area contributed by atoms with Gasteiger partial charge in [-0.25, -0.2) is 9.97 Å². The van der Waals surface area contributed by atoms with Crippen LogP contribution < -0.4 is 5.32 Å². The number of nitro benzene ring substituents is 1. The summed E-state index contributed by atoms with van der Waals surface area (Å²) in [6, 6.07) is 12.3. The number of aromatic nitrogens is 3. The minimum atomic E-state index is -0.432. The van der Waals surface area contributed by atoms with E-state index in [-0.39, 0.29) is 11.6 Å². The third-order valence-corrected chi connectivity index (χ3v) is 6.97. The van der Waals surface area contributed by atoms with E-state index in [1.54, 1.807) is 18.3 Å². The first-order valence-electron chi connectivity index (χ1n) is 9.31. The van der Waals surface area contributed by atoms with Gasteiger partial charge in [0.25, 0.3) is 11.6 Å². The molecule has 3 heterocycles. The van der Waals surface area contributed by atoms with Crippen molar-refractivity contribution in [2.24, 2.45) is 0 Å². The number of carbonyl (C=O) groups excluding carboxylic acids is 1. The third kappa shape index (κ3) is 3.45. The maximum Gasteiger partial charge on any atom is 0.270 e. The number of fused-ring (bicyclic) bond motifs is 2. The molecule has 154 valence electrons. The van der Waals surface area contributed by atoms with Gasteiger partial charge >= 0.3 is 0 Å². The maximum atomic E-state index is 12.9. The number of nitrogens with zero attached hydrogens (tertiary/aromatic N) is 4. The Bertz CT molecular complexity index is 1500. The molecular formula is C21H15N5O3S2. The first kappa shape index (κ1) is 19.3. The van der Waals surface area contributed by atoms with Gasteiger partial charge in [0.05, 0.1) is 20.8 Å². The molecule has 10 heteroatoms. The van der Waals surface area contributed by atoms with E-state index in [9.17, 15) is 14.9 Å². The van der Waals surface area contributed by atoms with Crippen LogP contribution >= 0.6 is 22.7 Å². The fourth-order valence-electron chi connectivity index (χ4n) is 3.32.